The van der Waals surface area contributed by atoms with Crippen molar-refractivity contribution in [1.29, 1.82) is 0 Å². The number of hydrogen-bond acceptors (Lipinski definition) is 4. The molecule has 1 aromatic heterocycles. The lowest BCUT2D eigenvalue weighted by Gasteiger charge is -2.40. The van der Waals surface area contributed by atoms with Gasteiger partial charge in [0.1, 0.15) is 0 Å². The van der Waals surface area contributed by atoms with Crippen LogP contribution in [0, 0.1) is 11.8 Å². The minimum absolute atomic E-state index is 0.0199. The molecule has 5 nitrogen and oxygen atoms in total. The van der Waals surface area contributed by atoms with Crippen LogP contribution in [-0.4, -0.2) is 29.0 Å². The number of carbonyl (C=O) groups is 1. The van der Waals surface area contributed by atoms with Crippen molar-refractivity contribution in [2.75, 3.05) is 6.61 Å². The minimum Gasteiger partial charge on any atom is -0.481 e. The normalized spacial score (nSPS) is 27.6. The summed E-state index contributed by atoms with van der Waals surface area (Å²) in [5, 5.41) is 8.72. The van der Waals surface area contributed by atoms with E-state index >= 15 is 0 Å². The maximum Gasteiger partial charge on any atom is 0.303 e. The summed E-state index contributed by atoms with van der Waals surface area (Å²) in [5.74, 6) is -0.0438. The molecule has 1 aliphatic carbocycles. The summed E-state index contributed by atoms with van der Waals surface area (Å²) in [6.07, 6.45) is 15.3. The van der Waals surface area contributed by atoms with Gasteiger partial charge in [0, 0.05) is 30.7 Å². The Morgan fingerprint density at radius 2 is 2.12 bits per heavy atom. The van der Waals surface area contributed by atoms with Gasteiger partial charge in [0.05, 0.1) is 12.7 Å². The number of aromatic nitrogens is 1. The highest BCUT2D eigenvalue weighted by molar-refractivity contribution is 5.66. The Labute approximate surface area is 155 Å². The van der Waals surface area contributed by atoms with Gasteiger partial charge in [0.25, 0.3) is 0 Å². The van der Waals surface area contributed by atoms with Crippen LogP contribution in [0.5, 0.6) is 0 Å². The molecule has 1 aliphatic heterocycles. The monoisotopic (exact) mass is 359 g/mol. The molecule has 2 fully saturated rings. The Hall–Kier alpha value is -1.72. The van der Waals surface area contributed by atoms with E-state index in [0.717, 1.165) is 12.0 Å². The van der Waals surface area contributed by atoms with Crippen LogP contribution in [0.1, 0.15) is 63.0 Å². The van der Waals surface area contributed by atoms with Crippen molar-refractivity contribution in [1.82, 2.24) is 4.98 Å². The molecule has 142 valence electrons. The third kappa shape index (κ3) is 5.39. The van der Waals surface area contributed by atoms with E-state index in [-0.39, 0.29) is 24.7 Å². The lowest BCUT2D eigenvalue weighted by Crippen LogP contribution is -2.39. The number of allylic oxidation sites excluding steroid dienone is 2. The predicted octanol–water partition coefficient (Wildman–Crippen LogP) is 4.50. The molecule has 26 heavy (non-hydrogen) atoms. The smallest absolute Gasteiger partial charge is 0.303 e. The summed E-state index contributed by atoms with van der Waals surface area (Å²) in [4.78, 5) is 14.9. The third-order valence-electron chi connectivity index (χ3n) is 5.36. The Kier molecular flexibility index (Phi) is 7.21. The van der Waals surface area contributed by atoms with Gasteiger partial charge in [0.15, 0.2) is 6.29 Å². The van der Waals surface area contributed by atoms with Crippen molar-refractivity contribution >= 4 is 5.97 Å². The second-order valence-corrected chi connectivity index (χ2v) is 7.34. The standard InChI is InChI=1S/C21H29NO4/c23-19(24)12-6-2-5-10-18-15-25-21(16-8-3-1-4-9-16)26-20(18)17-11-7-13-22-14-17/h2,5,7,11,13-14,16,18,20-21H,1,3-4,6,8-10,12,15H2,(H,23,24)/b5-2-. The number of carboxylic acids is 1. The van der Waals surface area contributed by atoms with Crippen LogP contribution in [0.25, 0.3) is 0 Å². The van der Waals surface area contributed by atoms with E-state index < -0.39 is 5.97 Å². The second kappa shape index (κ2) is 9.83. The Morgan fingerprint density at radius 3 is 2.85 bits per heavy atom. The topological polar surface area (TPSA) is 68.7 Å². The fraction of sp³-hybridized carbons (Fsp3) is 0.619. The van der Waals surface area contributed by atoms with Gasteiger partial charge >= 0.3 is 5.97 Å². The average Bonchev–Trinajstić information content (AvgIpc) is 2.69. The van der Waals surface area contributed by atoms with E-state index in [1.807, 2.05) is 18.3 Å². The molecule has 5 heteroatoms. The molecule has 1 aromatic rings. The minimum atomic E-state index is -0.762. The maximum absolute atomic E-state index is 10.6. The summed E-state index contributed by atoms with van der Waals surface area (Å²) in [5.41, 5.74) is 1.10. The van der Waals surface area contributed by atoms with Crippen molar-refractivity contribution < 1.29 is 19.4 Å². The number of nitrogens with zero attached hydrogens (tertiary/aromatic N) is 1. The molecule has 3 unspecified atom stereocenters. The van der Waals surface area contributed by atoms with Gasteiger partial charge in [-0.1, -0.05) is 37.5 Å². The van der Waals surface area contributed by atoms with Crippen LogP contribution in [0.3, 0.4) is 0 Å². The SMILES string of the molecule is O=C(O)CC/C=C\CC1COC(C2CCCCC2)OC1c1cccnc1. The van der Waals surface area contributed by atoms with Gasteiger partial charge in [-0.05, 0) is 37.3 Å². The predicted molar refractivity (Wildman–Crippen MR) is 98.5 cm³/mol. The van der Waals surface area contributed by atoms with Crippen molar-refractivity contribution in [3.8, 4) is 0 Å². The number of rotatable bonds is 7. The molecule has 2 aliphatic rings. The van der Waals surface area contributed by atoms with Gasteiger partial charge in [-0.25, -0.2) is 0 Å². The van der Waals surface area contributed by atoms with Gasteiger partial charge in [-0.15, -0.1) is 0 Å². The summed E-state index contributed by atoms with van der Waals surface area (Å²) in [7, 11) is 0. The number of ether oxygens (including phenoxy) is 2. The molecule has 1 N–H and O–H groups in total. The first-order chi connectivity index (χ1) is 12.7. The van der Waals surface area contributed by atoms with E-state index in [1.165, 1.54) is 32.1 Å². The first-order valence-electron chi connectivity index (χ1n) is 9.78. The van der Waals surface area contributed by atoms with Gasteiger partial charge in [0.2, 0.25) is 0 Å². The molecule has 3 atom stereocenters. The first kappa shape index (κ1) is 19.1. The Bertz CT molecular complexity index is 583. The highest BCUT2D eigenvalue weighted by Gasteiger charge is 2.36. The first-order valence-corrected chi connectivity index (χ1v) is 9.78. The molecule has 3 rings (SSSR count). The van der Waals surface area contributed by atoms with Crippen LogP contribution in [0.15, 0.2) is 36.7 Å². The van der Waals surface area contributed by atoms with Gasteiger partial charge < -0.3 is 14.6 Å². The average molecular weight is 359 g/mol. The van der Waals surface area contributed by atoms with Crippen molar-refractivity contribution in [3.63, 3.8) is 0 Å². The lowest BCUT2D eigenvalue weighted by atomic mass is 9.87. The van der Waals surface area contributed by atoms with E-state index in [2.05, 4.69) is 17.1 Å². The molecular formula is C21H29NO4. The molecule has 1 saturated heterocycles. The zero-order valence-corrected chi connectivity index (χ0v) is 15.3. The molecule has 1 saturated carbocycles. The lowest BCUT2D eigenvalue weighted by molar-refractivity contribution is -0.262. The number of carboxylic acid groups (broad SMARTS) is 1. The quantitative estimate of drug-likeness (QED) is 0.726. The Morgan fingerprint density at radius 1 is 1.27 bits per heavy atom. The van der Waals surface area contributed by atoms with Crippen LogP contribution in [0.2, 0.25) is 0 Å². The van der Waals surface area contributed by atoms with Gasteiger partial charge in [-0.3, -0.25) is 9.78 Å². The summed E-state index contributed by atoms with van der Waals surface area (Å²) in [6.45, 7) is 0.671. The van der Waals surface area contributed by atoms with Crippen molar-refractivity contribution in [2.24, 2.45) is 11.8 Å². The summed E-state index contributed by atoms with van der Waals surface area (Å²) < 4.78 is 12.5. The van der Waals surface area contributed by atoms with E-state index in [4.69, 9.17) is 14.6 Å². The summed E-state index contributed by atoms with van der Waals surface area (Å²) >= 11 is 0. The Balaban J connectivity index is 1.63. The second-order valence-electron chi connectivity index (χ2n) is 7.34. The van der Waals surface area contributed by atoms with Crippen molar-refractivity contribution in [3.05, 3.63) is 42.2 Å². The molecular weight excluding hydrogens is 330 g/mol. The van der Waals surface area contributed by atoms with E-state index in [1.54, 1.807) is 6.20 Å². The molecule has 0 amide bonds. The molecule has 0 bridgehead atoms. The highest BCUT2D eigenvalue weighted by atomic mass is 16.7. The third-order valence-corrected chi connectivity index (χ3v) is 5.36. The zero-order chi connectivity index (χ0) is 18.2. The van der Waals surface area contributed by atoms with Crippen LogP contribution < -0.4 is 0 Å². The van der Waals surface area contributed by atoms with Crippen LogP contribution >= 0.6 is 0 Å². The summed E-state index contributed by atoms with van der Waals surface area (Å²) in [6, 6.07) is 4.02. The fourth-order valence-corrected chi connectivity index (χ4v) is 3.94. The maximum atomic E-state index is 10.6. The van der Waals surface area contributed by atoms with Gasteiger partial charge in [-0.2, -0.15) is 0 Å². The molecule has 0 radical (unpaired) electrons. The van der Waals surface area contributed by atoms with E-state index in [0.29, 0.717) is 18.9 Å². The molecule has 0 aromatic carbocycles. The highest BCUT2D eigenvalue weighted by Crippen LogP contribution is 2.39. The number of aliphatic carboxylic acids is 1. The number of hydrogen-bond donors (Lipinski definition) is 1. The zero-order valence-electron chi connectivity index (χ0n) is 15.3. The van der Waals surface area contributed by atoms with E-state index in [9.17, 15) is 4.79 Å². The fourth-order valence-electron chi connectivity index (χ4n) is 3.94. The number of pyridine rings is 1. The molecule has 2 heterocycles. The largest absolute Gasteiger partial charge is 0.481 e. The van der Waals surface area contributed by atoms with Crippen LogP contribution in [-0.2, 0) is 14.3 Å². The molecule has 0 spiro atoms. The van der Waals surface area contributed by atoms with Crippen LogP contribution in [0.4, 0.5) is 0 Å². The van der Waals surface area contributed by atoms with Crippen molar-refractivity contribution in [2.45, 2.75) is 63.8 Å².